The van der Waals surface area contributed by atoms with E-state index < -0.39 is 10.0 Å². The van der Waals surface area contributed by atoms with E-state index in [4.69, 9.17) is 0 Å². The smallest absolute Gasteiger partial charge is 0.263 e. The van der Waals surface area contributed by atoms with E-state index >= 15 is 0 Å². The highest BCUT2D eigenvalue weighted by molar-refractivity contribution is 14.1. The summed E-state index contributed by atoms with van der Waals surface area (Å²) in [4.78, 5) is 0.268. The summed E-state index contributed by atoms with van der Waals surface area (Å²) in [7, 11) is 0.103. The third-order valence-corrected chi connectivity index (χ3v) is 4.85. The zero-order chi connectivity index (χ0) is 14.8. The van der Waals surface area contributed by atoms with Crippen LogP contribution in [0.4, 0.5) is 5.69 Å². The van der Waals surface area contributed by atoms with Crippen LogP contribution in [0.2, 0.25) is 0 Å². The standard InChI is InChI=1S/C13H16IN3O2S/c1-15-8-12-7-13(9-17(12)2)20(18,19)16-11-5-3-4-10(14)6-11/h3-7,9,15-16H,8H2,1-2H3. The van der Waals surface area contributed by atoms with Crippen LogP contribution in [0.15, 0.2) is 41.4 Å². The molecule has 0 fully saturated rings. The highest BCUT2D eigenvalue weighted by Crippen LogP contribution is 2.19. The second kappa shape index (κ2) is 6.15. The predicted molar refractivity (Wildman–Crippen MR) is 88.1 cm³/mol. The largest absolute Gasteiger partial charge is 0.352 e. The van der Waals surface area contributed by atoms with Gasteiger partial charge in [0.05, 0.1) is 0 Å². The number of hydrogen-bond acceptors (Lipinski definition) is 3. The molecule has 2 N–H and O–H groups in total. The third kappa shape index (κ3) is 3.53. The van der Waals surface area contributed by atoms with Crippen LogP contribution in [-0.2, 0) is 23.6 Å². The summed E-state index contributed by atoms with van der Waals surface area (Å²) in [5.74, 6) is 0. The quantitative estimate of drug-likeness (QED) is 0.750. The molecule has 0 aliphatic rings. The summed E-state index contributed by atoms with van der Waals surface area (Å²) < 4.78 is 30.0. The van der Waals surface area contributed by atoms with Gasteiger partial charge in [-0.15, -0.1) is 0 Å². The van der Waals surface area contributed by atoms with Crippen LogP contribution in [-0.4, -0.2) is 20.0 Å². The fraction of sp³-hybridized carbons (Fsp3) is 0.231. The third-order valence-electron chi connectivity index (χ3n) is 2.83. The van der Waals surface area contributed by atoms with Crippen molar-refractivity contribution in [3.63, 3.8) is 0 Å². The maximum atomic E-state index is 12.3. The molecule has 108 valence electrons. The van der Waals surface area contributed by atoms with E-state index in [0.717, 1.165) is 9.26 Å². The average Bonchev–Trinajstić information content (AvgIpc) is 2.72. The van der Waals surface area contributed by atoms with Crippen molar-refractivity contribution >= 4 is 38.3 Å². The van der Waals surface area contributed by atoms with E-state index in [1.807, 2.05) is 26.2 Å². The molecule has 1 aromatic heterocycles. The molecule has 0 bridgehead atoms. The number of aryl methyl sites for hydroxylation is 1. The molecule has 1 aromatic carbocycles. The number of halogens is 1. The molecule has 0 radical (unpaired) electrons. The minimum Gasteiger partial charge on any atom is -0.352 e. The Morgan fingerprint density at radius 2 is 2.05 bits per heavy atom. The normalized spacial score (nSPS) is 11.6. The molecule has 2 rings (SSSR count). The van der Waals surface area contributed by atoms with Gasteiger partial charge in [0.2, 0.25) is 0 Å². The lowest BCUT2D eigenvalue weighted by molar-refractivity contribution is 0.601. The number of aromatic nitrogens is 1. The number of nitrogens with zero attached hydrogens (tertiary/aromatic N) is 1. The van der Waals surface area contributed by atoms with Gasteiger partial charge in [-0.3, -0.25) is 4.72 Å². The number of hydrogen-bond donors (Lipinski definition) is 2. The number of anilines is 1. The molecule has 20 heavy (non-hydrogen) atoms. The first-order chi connectivity index (χ1) is 9.42. The Kier molecular flexibility index (Phi) is 4.71. The summed E-state index contributed by atoms with van der Waals surface area (Å²) in [6, 6.07) is 8.92. The molecule has 0 saturated heterocycles. The predicted octanol–water partition coefficient (Wildman–Crippen LogP) is 2.15. The lowest BCUT2D eigenvalue weighted by atomic mass is 10.3. The van der Waals surface area contributed by atoms with Crippen LogP contribution in [0.5, 0.6) is 0 Å². The number of nitrogens with one attached hydrogen (secondary N) is 2. The zero-order valence-corrected chi connectivity index (χ0v) is 14.2. The first kappa shape index (κ1) is 15.3. The van der Waals surface area contributed by atoms with E-state index in [1.54, 1.807) is 29.0 Å². The van der Waals surface area contributed by atoms with E-state index in [0.29, 0.717) is 12.2 Å². The lowest BCUT2D eigenvalue weighted by Crippen LogP contribution is -2.12. The Balaban J connectivity index is 2.28. The Morgan fingerprint density at radius 3 is 2.70 bits per heavy atom. The van der Waals surface area contributed by atoms with E-state index in [9.17, 15) is 8.42 Å². The molecule has 5 nitrogen and oxygen atoms in total. The second-order valence-corrected chi connectivity index (χ2v) is 7.35. The van der Waals surface area contributed by atoms with Gasteiger partial charge in [0, 0.05) is 34.7 Å². The molecule has 0 aliphatic carbocycles. The van der Waals surface area contributed by atoms with Gasteiger partial charge in [0.25, 0.3) is 10.0 Å². The topological polar surface area (TPSA) is 63.1 Å². The molecule has 0 atom stereocenters. The highest BCUT2D eigenvalue weighted by atomic mass is 127. The van der Waals surface area contributed by atoms with Gasteiger partial charge in [-0.2, -0.15) is 0 Å². The van der Waals surface area contributed by atoms with Crippen molar-refractivity contribution in [2.45, 2.75) is 11.4 Å². The van der Waals surface area contributed by atoms with Crippen molar-refractivity contribution in [1.82, 2.24) is 9.88 Å². The van der Waals surface area contributed by atoms with E-state index in [-0.39, 0.29) is 4.90 Å². The van der Waals surface area contributed by atoms with Gasteiger partial charge in [-0.1, -0.05) is 6.07 Å². The van der Waals surface area contributed by atoms with Gasteiger partial charge in [-0.05, 0) is 53.9 Å². The highest BCUT2D eigenvalue weighted by Gasteiger charge is 2.17. The Morgan fingerprint density at radius 1 is 1.30 bits per heavy atom. The molecule has 0 spiro atoms. The first-order valence-electron chi connectivity index (χ1n) is 6.00. The molecule has 2 aromatic rings. The van der Waals surface area contributed by atoms with Gasteiger partial charge >= 0.3 is 0 Å². The SMILES string of the molecule is CNCc1cc(S(=O)(=O)Nc2cccc(I)c2)cn1C. The molecule has 1 heterocycles. The number of benzene rings is 1. The minimum absolute atomic E-state index is 0.268. The van der Waals surface area contributed by atoms with Gasteiger partial charge in [0.15, 0.2) is 0 Å². The van der Waals surface area contributed by atoms with Gasteiger partial charge in [-0.25, -0.2) is 8.42 Å². The van der Waals surface area contributed by atoms with Crippen molar-refractivity contribution in [2.24, 2.45) is 7.05 Å². The molecule has 0 unspecified atom stereocenters. The van der Waals surface area contributed by atoms with Gasteiger partial charge < -0.3 is 9.88 Å². The van der Waals surface area contributed by atoms with Crippen molar-refractivity contribution in [2.75, 3.05) is 11.8 Å². The second-order valence-electron chi connectivity index (χ2n) is 4.42. The summed E-state index contributed by atoms with van der Waals surface area (Å²) in [5, 5.41) is 3.01. The van der Waals surface area contributed by atoms with Crippen molar-refractivity contribution in [1.29, 1.82) is 0 Å². The van der Waals surface area contributed by atoms with Crippen LogP contribution in [0.1, 0.15) is 5.69 Å². The summed E-state index contributed by atoms with van der Waals surface area (Å²) in [6.45, 7) is 0.620. The molecular formula is C13H16IN3O2S. The Bertz CT molecular complexity index is 710. The van der Waals surface area contributed by atoms with Crippen molar-refractivity contribution in [3.8, 4) is 0 Å². The van der Waals surface area contributed by atoms with Crippen LogP contribution in [0.25, 0.3) is 0 Å². The number of sulfonamides is 1. The fourth-order valence-corrected chi connectivity index (χ4v) is 3.53. The van der Waals surface area contributed by atoms with Crippen molar-refractivity contribution in [3.05, 3.63) is 45.8 Å². The van der Waals surface area contributed by atoms with Crippen LogP contribution < -0.4 is 10.0 Å². The minimum atomic E-state index is -3.55. The maximum absolute atomic E-state index is 12.3. The maximum Gasteiger partial charge on any atom is 0.263 e. The molecule has 0 amide bonds. The Labute approximate surface area is 132 Å². The van der Waals surface area contributed by atoms with Crippen LogP contribution >= 0.6 is 22.6 Å². The molecule has 0 aliphatic heterocycles. The molecular weight excluding hydrogens is 389 g/mol. The van der Waals surface area contributed by atoms with E-state index in [1.165, 1.54) is 0 Å². The summed E-state index contributed by atoms with van der Waals surface area (Å²) in [5.41, 5.74) is 1.48. The van der Waals surface area contributed by atoms with Gasteiger partial charge in [0.1, 0.15) is 4.90 Å². The van der Waals surface area contributed by atoms with E-state index in [2.05, 4.69) is 32.6 Å². The van der Waals surface area contributed by atoms with Crippen LogP contribution in [0, 0.1) is 3.57 Å². The summed E-state index contributed by atoms with van der Waals surface area (Å²) in [6.07, 6.45) is 1.61. The number of rotatable bonds is 5. The fourth-order valence-electron chi connectivity index (χ4n) is 1.85. The van der Waals surface area contributed by atoms with Crippen molar-refractivity contribution < 1.29 is 8.42 Å². The molecule has 0 saturated carbocycles. The lowest BCUT2D eigenvalue weighted by Gasteiger charge is -2.06. The molecule has 7 heteroatoms. The zero-order valence-electron chi connectivity index (χ0n) is 11.2. The average molecular weight is 405 g/mol. The Hall–Kier alpha value is -1.06. The monoisotopic (exact) mass is 405 g/mol. The first-order valence-corrected chi connectivity index (χ1v) is 8.57. The van der Waals surface area contributed by atoms with Crippen LogP contribution in [0.3, 0.4) is 0 Å². The summed E-state index contributed by atoms with van der Waals surface area (Å²) >= 11 is 2.14.